The lowest BCUT2D eigenvalue weighted by molar-refractivity contribution is 0.546. The first kappa shape index (κ1) is 14.9. The van der Waals surface area contributed by atoms with Crippen LogP contribution in [-0.4, -0.2) is 21.5 Å². The van der Waals surface area contributed by atoms with Crippen molar-refractivity contribution in [1.82, 2.24) is 20.3 Å². The zero-order valence-corrected chi connectivity index (χ0v) is 12.9. The molecule has 0 aromatic carbocycles. The molecule has 2 heterocycles. The lowest BCUT2D eigenvalue weighted by Crippen LogP contribution is -2.22. The molecule has 0 aliphatic rings. The number of aromatic nitrogens is 3. The number of thiazole rings is 1. The van der Waals surface area contributed by atoms with Crippen LogP contribution in [-0.2, 0) is 13.0 Å². The summed E-state index contributed by atoms with van der Waals surface area (Å²) < 4.78 is 0. The van der Waals surface area contributed by atoms with Gasteiger partial charge in [0.25, 0.3) is 5.56 Å². The lowest BCUT2D eigenvalue weighted by atomic mass is 10.2. The van der Waals surface area contributed by atoms with Crippen molar-refractivity contribution in [3.63, 3.8) is 0 Å². The van der Waals surface area contributed by atoms with Crippen LogP contribution in [0.4, 0.5) is 0 Å². The Morgan fingerprint density at radius 3 is 2.85 bits per heavy atom. The van der Waals surface area contributed by atoms with E-state index in [9.17, 15) is 4.79 Å². The van der Waals surface area contributed by atoms with Crippen LogP contribution in [0.15, 0.2) is 16.2 Å². The number of aromatic amines is 1. The van der Waals surface area contributed by atoms with Gasteiger partial charge in [0.15, 0.2) is 0 Å². The molecule has 0 aliphatic carbocycles. The highest BCUT2D eigenvalue weighted by atomic mass is 32.1. The van der Waals surface area contributed by atoms with Crippen LogP contribution >= 0.6 is 11.3 Å². The van der Waals surface area contributed by atoms with E-state index in [1.165, 1.54) is 0 Å². The van der Waals surface area contributed by atoms with E-state index in [0.29, 0.717) is 24.7 Å². The molecule has 2 N–H and O–H groups in total. The van der Waals surface area contributed by atoms with Crippen LogP contribution in [0.1, 0.15) is 36.1 Å². The van der Waals surface area contributed by atoms with Gasteiger partial charge in [-0.05, 0) is 19.4 Å². The molecule has 2 rings (SSSR count). The average Bonchev–Trinajstić information content (AvgIpc) is 2.73. The number of hydrogen-bond donors (Lipinski definition) is 2. The largest absolute Gasteiger partial charge is 0.311 e. The first-order valence-electron chi connectivity index (χ1n) is 6.74. The molecule has 0 radical (unpaired) electrons. The van der Waals surface area contributed by atoms with Crippen molar-refractivity contribution in [2.45, 2.75) is 33.7 Å². The normalized spacial score (nSPS) is 11.2. The maximum Gasteiger partial charge on any atom is 0.251 e. The van der Waals surface area contributed by atoms with Crippen molar-refractivity contribution < 1.29 is 0 Å². The van der Waals surface area contributed by atoms with Gasteiger partial charge >= 0.3 is 0 Å². The molecule has 5 nitrogen and oxygen atoms in total. The molecular weight excluding hydrogens is 272 g/mol. The Morgan fingerprint density at radius 2 is 2.20 bits per heavy atom. The second-order valence-corrected chi connectivity index (χ2v) is 6.21. The van der Waals surface area contributed by atoms with Gasteiger partial charge in [-0.2, -0.15) is 0 Å². The topological polar surface area (TPSA) is 70.7 Å². The van der Waals surface area contributed by atoms with E-state index >= 15 is 0 Å². The van der Waals surface area contributed by atoms with Crippen LogP contribution < -0.4 is 10.9 Å². The summed E-state index contributed by atoms with van der Waals surface area (Å²) in [7, 11) is 0. The van der Waals surface area contributed by atoms with E-state index in [2.05, 4.69) is 34.1 Å². The zero-order chi connectivity index (χ0) is 14.5. The van der Waals surface area contributed by atoms with E-state index < -0.39 is 0 Å². The van der Waals surface area contributed by atoms with Crippen LogP contribution in [0.3, 0.4) is 0 Å². The summed E-state index contributed by atoms with van der Waals surface area (Å²) in [4.78, 5) is 23.3. The fraction of sp³-hybridized carbons (Fsp3) is 0.500. The number of nitrogens with one attached hydrogen (secondary N) is 2. The monoisotopic (exact) mass is 292 g/mol. The third-order valence-corrected chi connectivity index (χ3v) is 3.65. The third-order valence-electron chi connectivity index (χ3n) is 2.69. The molecule has 108 valence electrons. The fourth-order valence-electron chi connectivity index (χ4n) is 1.85. The molecule has 0 amide bonds. The molecule has 0 fully saturated rings. The van der Waals surface area contributed by atoms with Crippen LogP contribution in [0, 0.1) is 12.8 Å². The number of H-pyrrole nitrogens is 1. The molecule has 0 atom stereocenters. The maximum absolute atomic E-state index is 11.7. The number of nitrogens with zero attached hydrogens (tertiary/aromatic N) is 2. The van der Waals surface area contributed by atoms with Gasteiger partial charge in [-0.25, -0.2) is 9.97 Å². The molecule has 2 aromatic rings. The molecule has 0 saturated carbocycles. The molecule has 0 unspecified atom stereocenters. The van der Waals surface area contributed by atoms with E-state index in [0.717, 1.165) is 22.9 Å². The van der Waals surface area contributed by atoms with Crippen molar-refractivity contribution >= 4 is 11.3 Å². The molecule has 0 aliphatic heterocycles. The van der Waals surface area contributed by atoms with E-state index in [1.807, 2.05) is 12.3 Å². The summed E-state index contributed by atoms with van der Waals surface area (Å²) in [5.74, 6) is 1.25. The van der Waals surface area contributed by atoms with Gasteiger partial charge < -0.3 is 10.3 Å². The summed E-state index contributed by atoms with van der Waals surface area (Å²) in [6.07, 6.45) is 0.575. The number of rotatable bonds is 6. The van der Waals surface area contributed by atoms with Gasteiger partial charge in [0.1, 0.15) is 10.8 Å². The van der Waals surface area contributed by atoms with Crippen LogP contribution in [0.5, 0.6) is 0 Å². The molecular formula is C14H20N4OS. The summed E-state index contributed by atoms with van der Waals surface area (Å²) >= 11 is 1.59. The van der Waals surface area contributed by atoms with Crippen LogP contribution in [0.2, 0.25) is 0 Å². The number of aryl methyl sites for hydroxylation is 1. The second kappa shape index (κ2) is 6.76. The SMILES string of the molecule is Cc1csc(Cc2nc(CNCC(C)C)cc(=O)[nH]2)n1. The Labute approximate surface area is 122 Å². The Kier molecular flexibility index (Phi) is 5.03. The van der Waals surface area contributed by atoms with Gasteiger partial charge in [-0.1, -0.05) is 13.8 Å². The first-order valence-corrected chi connectivity index (χ1v) is 7.61. The Morgan fingerprint density at radius 1 is 1.40 bits per heavy atom. The molecule has 20 heavy (non-hydrogen) atoms. The summed E-state index contributed by atoms with van der Waals surface area (Å²) in [6, 6.07) is 1.55. The molecule has 6 heteroatoms. The maximum atomic E-state index is 11.7. The third kappa shape index (κ3) is 4.54. The minimum atomic E-state index is -0.107. The van der Waals surface area contributed by atoms with Gasteiger partial charge in [-0.15, -0.1) is 11.3 Å². The summed E-state index contributed by atoms with van der Waals surface area (Å²) in [5, 5.41) is 6.27. The highest BCUT2D eigenvalue weighted by Crippen LogP contribution is 2.11. The van der Waals surface area contributed by atoms with Gasteiger partial charge in [0.2, 0.25) is 0 Å². The smallest absolute Gasteiger partial charge is 0.251 e. The zero-order valence-electron chi connectivity index (χ0n) is 12.1. The Balaban J connectivity index is 2.06. The Bertz CT molecular complexity index is 618. The van der Waals surface area contributed by atoms with Crippen molar-refractivity contribution in [3.05, 3.63) is 44.0 Å². The molecule has 0 bridgehead atoms. The standard InChI is InChI=1S/C14H20N4OS/c1-9(2)6-15-7-11-4-13(19)18-12(17-11)5-14-16-10(3)8-20-14/h4,8-9,15H,5-7H2,1-3H3,(H,17,18,19). The van der Waals surface area contributed by atoms with E-state index in [4.69, 9.17) is 0 Å². The minimum absolute atomic E-state index is 0.107. The van der Waals surface area contributed by atoms with Gasteiger partial charge in [0, 0.05) is 23.7 Å². The highest BCUT2D eigenvalue weighted by molar-refractivity contribution is 7.09. The van der Waals surface area contributed by atoms with E-state index in [1.54, 1.807) is 17.4 Å². The van der Waals surface area contributed by atoms with Gasteiger partial charge in [0.05, 0.1) is 12.1 Å². The minimum Gasteiger partial charge on any atom is -0.311 e. The Hall–Kier alpha value is -1.53. The lowest BCUT2D eigenvalue weighted by Gasteiger charge is -2.07. The van der Waals surface area contributed by atoms with E-state index in [-0.39, 0.29) is 5.56 Å². The average molecular weight is 292 g/mol. The summed E-state index contributed by atoms with van der Waals surface area (Å²) in [6.45, 7) is 7.78. The first-order chi connectivity index (χ1) is 9.52. The van der Waals surface area contributed by atoms with Crippen molar-refractivity contribution in [3.8, 4) is 0 Å². The highest BCUT2D eigenvalue weighted by Gasteiger charge is 2.06. The van der Waals surface area contributed by atoms with Crippen LogP contribution in [0.25, 0.3) is 0 Å². The summed E-state index contributed by atoms with van der Waals surface area (Å²) in [5.41, 5.74) is 1.67. The van der Waals surface area contributed by atoms with Crippen molar-refractivity contribution in [2.24, 2.45) is 5.92 Å². The number of hydrogen-bond acceptors (Lipinski definition) is 5. The predicted octanol–water partition coefficient (Wildman–Crippen LogP) is 1.87. The van der Waals surface area contributed by atoms with Crippen molar-refractivity contribution in [2.75, 3.05) is 6.54 Å². The molecule has 2 aromatic heterocycles. The molecule has 0 spiro atoms. The molecule has 0 saturated heterocycles. The second-order valence-electron chi connectivity index (χ2n) is 5.27. The fourth-order valence-corrected chi connectivity index (χ4v) is 2.63. The quantitative estimate of drug-likeness (QED) is 0.852. The van der Waals surface area contributed by atoms with Crippen molar-refractivity contribution in [1.29, 1.82) is 0 Å². The predicted molar refractivity (Wildman–Crippen MR) is 81.1 cm³/mol. The van der Waals surface area contributed by atoms with Gasteiger partial charge in [-0.3, -0.25) is 4.79 Å².